The van der Waals surface area contributed by atoms with Gasteiger partial charge in [-0.3, -0.25) is 0 Å². The summed E-state index contributed by atoms with van der Waals surface area (Å²) in [7, 11) is 0. The van der Waals surface area contributed by atoms with Gasteiger partial charge in [0.2, 0.25) is 0 Å². The maximum Gasteiger partial charge on any atom is 0.417 e. The largest absolute Gasteiger partial charge is 0.417 e. The van der Waals surface area contributed by atoms with E-state index in [2.05, 4.69) is 6.92 Å². The number of halogens is 4. The van der Waals surface area contributed by atoms with Crippen molar-refractivity contribution >= 4 is 17.2 Å². The SMILES string of the molecule is [CH-]=C(/C=C(\[CH2-])C)c1ccc(C(F)(F)F)c(Cl)c1.[Ce]. The van der Waals surface area contributed by atoms with Gasteiger partial charge in [0.05, 0.1) is 5.56 Å². The van der Waals surface area contributed by atoms with Crippen molar-refractivity contribution in [3.8, 4) is 0 Å². The molecule has 0 spiro atoms. The fourth-order valence-corrected chi connectivity index (χ4v) is 1.56. The Labute approximate surface area is 143 Å². The molecule has 0 aliphatic rings. The quantitative estimate of drug-likeness (QED) is 0.488. The second kappa shape index (κ2) is 6.98. The summed E-state index contributed by atoms with van der Waals surface area (Å²) in [5.41, 5.74) is 0.601. The number of alkyl halides is 3. The summed E-state index contributed by atoms with van der Waals surface area (Å²) in [6, 6.07) is 3.39. The van der Waals surface area contributed by atoms with Gasteiger partial charge in [0.15, 0.2) is 0 Å². The van der Waals surface area contributed by atoms with E-state index in [-0.39, 0.29) is 46.8 Å². The Hall–Kier alpha value is 0.0266. The molecule has 0 bridgehead atoms. The topological polar surface area (TPSA) is 0 Å². The van der Waals surface area contributed by atoms with Crippen LogP contribution in [0.1, 0.15) is 18.1 Å². The summed E-state index contributed by atoms with van der Waals surface area (Å²) in [5, 5.41) is -0.368. The third-order valence-electron chi connectivity index (χ3n) is 2.01. The predicted molar refractivity (Wildman–Crippen MR) is 63.3 cm³/mol. The van der Waals surface area contributed by atoms with Crippen LogP contribution in [0.15, 0.2) is 29.8 Å². The van der Waals surface area contributed by atoms with E-state index in [1.807, 2.05) is 0 Å². The van der Waals surface area contributed by atoms with Crippen molar-refractivity contribution in [2.75, 3.05) is 0 Å². The number of allylic oxidation sites excluding steroid dienone is 3. The second-order valence-corrected chi connectivity index (χ2v) is 4.05. The molecule has 0 nitrogen and oxygen atoms in total. The molecule has 0 fully saturated rings. The van der Waals surface area contributed by atoms with Crippen molar-refractivity contribution in [3.05, 3.63) is 59.5 Å². The third-order valence-corrected chi connectivity index (χ3v) is 2.32. The molecule has 0 heterocycles. The Bertz CT molecular complexity index is 472. The van der Waals surface area contributed by atoms with E-state index in [0.29, 0.717) is 16.7 Å². The fourth-order valence-electron chi connectivity index (χ4n) is 1.27. The molecule has 0 N–H and O–H groups in total. The minimum atomic E-state index is -4.46. The van der Waals surface area contributed by atoms with Gasteiger partial charge in [-0.25, -0.2) is 30.7 Å². The zero-order valence-electron chi connectivity index (χ0n) is 9.61. The third kappa shape index (κ3) is 4.95. The molecule has 0 aromatic heterocycles. The Morgan fingerprint density at radius 1 is 1.39 bits per heavy atom. The smallest absolute Gasteiger partial charge is 0.242 e. The van der Waals surface area contributed by atoms with Crippen LogP contribution in [0.5, 0.6) is 0 Å². The number of rotatable bonds is 2. The van der Waals surface area contributed by atoms with E-state index >= 15 is 0 Å². The number of hydrogen-bond acceptors (Lipinski definition) is 0. The molecule has 0 saturated heterocycles. The Morgan fingerprint density at radius 3 is 2.33 bits per heavy atom. The normalized spacial score (nSPS) is 11.9. The molecule has 18 heavy (non-hydrogen) atoms. The van der Waals surface area contributed by atoms with Crippen LogP contribution in [0.3, 0.4) is 0 Å². The molecule has 1 aromatic carbocycles. The summed E-state index contributed by atoms with van der Waals surface area (Å²) in [6.07, 6.45) is -2.89. The van der Waals surface area contributed by atoms with Crippen molar-refractivity contribution < 1.29 is 54.9 Å². The molecule has 1 rings (SSSR count). The molecule has 0 radical (unpaired) electrons. The first-order chi connectivity index (χ1) is 7.71. The minimum Gasteiger partial charge on any atom is -0.242 e. The summed E-state index contributed by atoms with van der Waals surface area (Å²) in [6.45, 7) is 11.0. The van der Waals surface area contributed by atoms with Gasteiger partial charge in [0, 0.05) is 46.8 Å². The molecular weight excluding hydrogens is 389 g/mol. The monoisotopic (exact) mass is 398 g/mol. The van der Waals surface area contributed by atoms with E-state index in [4.69, 9.17) is 18.2 Å². The van der Waals surface area contributed by atoms with Crippen LogP contribution in [-0.2, 0) is 6.18 Å². The molecule has 0 saturated carbocycles. The Kier molecular flexibility index (Phi) is 6.99. The van der Waals surface area contributed by atoms with Crippen LogP contribution in [0.4, 0.5) is 13.2 Å². The van der Waals surface area contributed by atoms with Crippen molar-refractivity contribution in [1.29, 1.82) is 0 Å². The first kappa shape index (κ1) is 18.0. The maximum absolute atomic E-state index is 12.4. The van der Waals surface area contributed by atoms with Gasteiger partial charge >= 0.3 is 6.18 Å². The molecule has 96 valence electrons. The van der Waals surface area contributed by atoms with Crippen molar-refractivity contribution in [2.45, 2.75) is 13.1 Å². The summed E-state index contributed by atoms with van der Waals surface area (Å²) >= 11 is 5.57. The van der Waals surface area contributed by atoms with Crippen molar-refractivity contribution in [2.24, 2.45) is 0 Å². The number of hydrogen-bond donors (Lipinski definition) is 0. The molecular formula is C13H10CeClF3-2. The van der Waals surface area contributed by atoms with Crippen molar-refractivity contribution in [1.82, 2.24) is 0 Å². The Balaban J connectivity index is 0.00000289. The van der Waals surface area contributed by atoms with Crippen LogP contribution in [-0.4, -0.2) is 0 Å². The Morgan fingerprint density at radius 2 is 1.94 bits per heavy atom. The molecule has 5 heteroatoms. The zero-order valence-corrected chi connectivity index (χ0v) is 13.5. The van der Waals surface area contributed by atoms with Gasteiger partial charge in [-0.2, -0.15) is 13.2 Å². The van der Waals surface area contributed by atoms with Gasteiger partial charge in [-0.15, -0.1) is 11.6 Å². The molecule has 0 atom stereocenters. The molecule has 0 aliphatic heterocycles. The zero-order chi connectivity index (χ0) is 13.2. The number of benzene rings is 1. The van der Waals surface area contributed by atoms with Crippen molar-refractivity contribution in [3.63, 3.8) is 0 Å². The van der Waals surface area contributed by atoms with E-state index in [9.17, 15) is 13.2 Å². The second-order valence-electron chi connectivity index (χ2n) is 3.64. The van der Waals surface area contributed by atoms with Gasteiger partial charge in [-0.05, 0) is 0 Å². The standard InChI is InChI=1S/C13H10ClF3.Ce/c1-8(2)6-9(3)10-4-5-11(12(14)7-10)13(15,16)17;/h3-7H,1H2,2H3;/q-2;/b8-6+;. The van der Waals surface area contributed by atoms with Gasteiger partial charge in [-0.1, -0.05) is 30.7 Å². The fraction of sp³-hybridized carbons (Fsp3) is 0.154. The van der Waals surface area contributed by atoms with Gasteiger partial charge < -0.3 is 0 Å². The first-order valence-corrected chi connectivity index (χ1v) is 5.09. The molecule has 1 aromatic rings. The first-order valence-electron chi connectivity index (χ1n) is 4.71. The minimum absolute atomic E-state index is 0. The van der Waals surface area contributed by atoms with Crippen LogP contribution in [0.25, 0.3) is 5.57 Å². The van der Waals surface area contributed by atoms with E-state index < -0.39 is 11.7 Å². The molecule has 0 unspecified atom stereocenters. The summed E-state index contributed by atoms with van der Waals surface area (Å²) in [4.78, 5) is 0. The maximum atomic E-state index is 12.4. The van der Waals surface area contributed by atoms with E-state index in [1.54, 1.807) is 13.0 Å². The predicted octanol–water partition coefficient (Wildman–Crippen LogP) is 4.96. The molecule has 0 amide bonds. The average Bonchev–Trinajstić information content (AvgIpc) is 2.14. The van der Waals surface area contributed by atoms with E-state index in [1.165, 1.54) is 12.1 Å². The summed E-state index contributed by atoms with van der Waals surface area (Å²) in [5.74, 6) is 0. The van der Waals surface area contributed by atoms with E-state index in [0.717, 1.165) is 6.07 Å². The average molecular weight is 399 g/mol. The molecule has 0 aliphatic carbocycles. The van der Waals surface area contributed by atoms with Crippen LogP contribution < -0.4 is 0 Å². The van der Waals surface area contributed by atoms with Crippen LogP contribution >= 0.6 is 11.6 Å². The van der Waals surface area contributed by atoms with Crippen LogP contribution in [0, 0.1) is 55.2 Å². The van der Waals surface area contributed by atoms with Crippen LogP contribution in [0.2, 0.25) is 5.02 Å². The van der Waals surface area contributed by atoms with Gasteiger partial charge in [0.25, 0.3) is 0 Å². The summed E-state index contributed by atoms with van der Waals surface area (Å²) < 4.78 is 37.3. The van der Waals surface area contributed by atoms with Gasteiger partial charge in [0.1, 0.15) is 0 Å².